The van der Waals surface area contributed by atoms with Crippen molar-refractivity contribution in [2.24, 2.45) is 11.5 Å². The molecule has 0 aromatic carbocycles. The van der Waals surface area contributed by atoms with Gasteiger partial charge in [-0.15, -0.1) is 12.4 Å². The Kier molecular flexibility index (Phi) is 8.79. The van der Waals surface area contributed by atoms with Crippen molar-refractivity contribution in [3.8, 4) is 0 Å². The number of guanidine groups is 2. The number of carbonyl (C=O) groups is 2. The van der Waals surface area contributed by atoms with Gasteiger partial charge < -0.3 is 11.5 Å². The molecule has 2 amide bonds. The number of imide groups is 1. The predicted molar refractivity (Wildman–Crippen MR) is 61.2 cm³/mol. The van der Waals surface area contributed by atoms with E-state index in [1.165, 1.54) is 0 Å². The van der Waals surface area contributed by atoms with Gasteiger partial charge in [-0.3, -0.25) is 31.0 Å². The largest absolute Gasteiger partial charge is 0.370 e. The minimum Gasteiger partial charge on any atom is -0.370 e. The smallest absolute Gasteiger partial charge is 0.226 e. The molecular formula is C7H15ClN6O2. The molecule has 1 aliphatic rings. The molecule has 0 atom stereocenters. The Labute approximate surface area is 98.6 Å². The number of carbonyl (C=O) groups excluding carboxylic acids is 2. The van der Waals surface area contributed by atoms with E-state index >= 15 is 0 Å². The first kappa shape index (κ1) is 16.6. The van der Waals surface area contributed by atoms with Crippen LogP contribution in [0.1, 0.15) is 19.3 Å². The van der Waals surface area contributed by atoms with E-state index in [1.54, 1.807) is 0 Å². The van der Waals surface area contributed by atoms with Gasteiger partial charge in [0.15, 0.2) is 11.9 Å². The fourth-order valence-corrected chi connectivity index (χ4v) is 0.835. The standard InChI is InChI=1S/C5H7NO2.C2H7N5.ClH/c7-4-2-1-3-5(8)6-4;3-1(4)7-2(5)6;/h1-3H2,(H,6,7,8);(H7,3,4,5,6,7);1H. The quantitative estimate of drug-likeness (QED) is 0.177. The van der Waals surface area contributed by atoms with Crippen LogP contribution in [0.2, 0.25) is 0 Å². The molecular weight excluding hydrogens is 236 g/mol. The number of halogens is 1. The van der Waals surface area contributed by atoms with Gasteiger partial charge in [-0.05, 0) is 6.42 Å². The molecule has 0 aromatic heterocycles. The highest BCUT2D eigenvalue weighted by molar-refractivity contribution is 5.97. The summed E-state index contributed by atoms with van der Waals surface area (Å²) in [6.07, 6.45) is 1.72. The maximum Gasteiger partial charge on any atom is 0.226 e. The first-order valence-electron chi connectivity index (χ1n) is 4.19. The van der Waals surface area contributed by atoms with E-state index in [4.69, 9.17) is 22.3 Å². The van der Waals surface area contributed by atoms with E-state index in [0.29, 0.717) is 19.3 Å². The highest BCUT2D eigenvalue weighted by Crippen LogP contribution is 2.00. The van der Waals surface area contributed by atoms with E-state index in [9.17, 15) is 9.59 Å². The lowest BCUT2D eigenvalue weighted by Crippen LogP contribution is -2.39. The Morgan fingerprint density at radius 1 is 1.12 bits per heavy atom. The van der Waals surface area contributed by atoms with E-state index in [2.05, 4.69) is 5.32 Å². The van der Waals surface area contributed by atoms with Crippen LogP contribution in [0.3, 0.4) is 0 Å². The fourth-order valence-electron chi connectivity index (χ4n) is 0.835. The van der Waals surface area contributed by atoms with Crippen molar-refractivity contribution in [2.45, 2.75) is 19.3 Å². The van der Waals surface area contributed by atoms with Crippen molar-refractivity contribution in [3.05, 3.63) is 0 Å². The van der Waals surface area contributed by atoms with Crippen LogP contribution in [0.15, 0.2) is 0 Å². The number of hydrogen-bond acceptors (Lipinski definition) is 4. The van der Waals surface area contributed by atoms with Crippen molar-refractivity contribution < 1.29 is 9.59 Å². The van der Waals surface area contributed by atoms with E-state index in [-0.39, 0.29) is 36.1 Å². The Bertz CT molecular complexity index is 267. The molecule has 1 fully saturated rings. The molecule has 0 aliphatic carbocycles. The summed E-state index contributed by atoms with van der Waals surface area (Å²) in [7, 11) is 0. The third kappa shape index (κ3) is 10.3. The number of nitrogens with two attached hydrogens (primary N) is 2. The number of rotatable bonds is 0. The van der Waals surface area contributed by atoms with Crippen LogP contribution in [-0.4, -0.2) is 23.7 Å². The second-order valence-corrected chi connectivity index (χ2v) is 2.78. The zero-order valence-electron chi connectivity index (χ0n) is 8.50. The fraction of sp³-hybridized carbons (Fsp3) is 0.429. The van der Waals surface area contributed by atoms with Gasteiger partial charge in [0.05, 0.1) is 0 Å². The van der Waals surface area contributed by atoms with Crippen LogP contribution in [-0.2, 0) is 9.59 Å². The summed E-state index contributed by atoms with van der Waals surface area (Å²) in [6.45, 7) is 0. The number of hydrogen-bond donors (Lipinski definition) is 6. The van der Waals surface area contributed by atoms with Crippen LogP contribution in [0, 0.1) is 10.8 Å². The van der Waals surface area contributed by atoms with Gasteiger partial charge in [0, 0.05) is 12.8 Å². The SMILES string of the molecule is Cl.N=C(N)NC(=N)N.O=C1CCCC(=O)N1. The molecule has 1 aliphatic heterocycles. The maximum absolute atomic E-state index is 10.3. The average Bonchev–Trinajstić information content (AvgIpc) is 2.01. The highest BCUT2D eigenvalue weighted by atomic mass is 35.5. The van der Waals surface area contributed by atoms with Gasteiger partial charge in [-0.2, -0.15) is 0 Å². The van der Waals surface area contributed by atoms with E-state index in [1.807, 2.05) is 5.32 Å². The second kappa shape index (κ2) is 8.48. The van der Waals surface area contributed by atoms with Crippen molar-refractivity contribution in [2.75, 3.05) is 0 Å². The Morgan fingerprint density at radius 3 is 1.62 bits per heavy atom. The first-order chi connectivity index (χ1) is 6.91. The lowest BCUT2D eigenvalue weighted by atomic mass is 10.1. The topological polar surface area (TPSA) is 158 Å². The van der Waals surface area contributed by atoms with Gasteiger partial charge in [-0.25, -0.2) is 0 Å². The van der Waals surface area contributed by atoms with Crippen LogP contribution in [0.4, 0.5) is 0 Å². The molecule has 1 rings (SSSR count). The molecule has 9 heteroatoms. The zero-order chi connectivity index (χ0) is 11.8. The van der Waals surface area contributed by atoms with Crippen LogP contribution < -0.4 is 22.1 Å². The summed E-state index contributed by atoms with van der Waals surface area (Å²) in [5, 5.41) is 17.2. The summed E-state index contributed by atoms with van der Waals surface area (Å²) in [5.74, 6) is -0.900. The molecule has 92 valence electrons. The van der Waals surface area contributed by atoms with Gasteiger partial charge in [0.1, 0.15) is 0 Å². The molecule has 8 N–H and O–H groups in total. The lowest BCUT2D eigenvalue weighted by Gasteiger charge is -2.07. The highest BCUT2D eigenvalue weighted by Gasteiger charge is 2.12. The summed E-state index contributed by atoms with van der Waals surface area (Å²) >= 11 is 0. The number of nitrogens with one attached hydrogen (secondary N) is 4. The normalized spacial score (nSPS) is 13.5. The molecule has 0 saturated carbocycles. The van der Waals surface area contributed by atoms with Gasteiger partial charge >= 0.3 is 0 Å². The van der Waals surface area contributed by atoms with Crippen LogP contribution >= 0.6 is 12.4 Å². The van der Waals surface area contributed by atoms with E-state index < -0.39 is 0 Å². The zero-order valence-corrected chi connectivity index (χ0v) is 9.32. The molecule has 0 radical (unpaired) electrons. The average molecular weight is 251 g/mol. The maximum atomic E-state index is 10.3. The third-order valence-electron chi connectivity index (χ3n) is 1.36. The van der Waals surface area contributed by atoms with Crippen molar-refractivity contribution >= 4 is 36.1 Å². The lowest BCUT2D eigenvalue weighted by molar-refractivity contribution is -0.132. The predicted octanol–water partition coefficient (Wildman–Crippen LogP) is -1.40. The minimum absolute atomic E-state index is 0. The second-order valence-electron chi connectivity index (χ2n) is 2.78. The van der Waals surface area contributed by atoms with E-state index in [0.717, 1.165) is 0 Å². The Morgan fingerprint density at radius 2 is 1.50 bits per heavy atom. The van der Waals surface area contributed by atoms with Crippen molar-refractivity contribution in [1.29, 1.82) is 10.8 Å². The summed E-state index contributed by atoms with van der Waals surface area (Å²) in [5.41, 5.74) is 9.49. The van der Waals surface area contributed by atoms with Gasteiger partial charge in [-0.1, -0.05) is 0 Å². The molecule has 1 heterocycles. The summed E-state index contributed by atoms with van der Waals surface area (Å²) in [6, 6.07) is 0. The molecule has 1 saturated heterocycles. The molecule has 0 aromatic rings. The van der Waals surface area contributed by atoms with Gasteiger partial charge in [0.2, 0.25) is 11.8 Å². The van der Waals surface area contributed by atoms with Crippen molar-refractivity contribution in [1.82, 2.24) is 10.6 Å². The third-order valence-corrected chi connectivity index (χ3v) is 1.36. The summed E-state index contributed by atoms with van der Waals surface area (Å²) < 4.78 is 0. The minimum atomic E-state index is -0.312. The molecule has 8 nitrogen and oxygen atoms in total. The van der Waals surface area contributed by atoms with Crippen LogP contribution in [0.25, 0.3) is 0 Å². The van der Waals surface area contributed by atoms with Gasteiger partial charge in [0.25, 0.3) is 0 Å². The molecule has 0 unspecified atom stereocenters. The number of amides is 2. The Balaban J connectivity index is 0. The number of piperidine rings is 1. The van der Waals surface area contributed by atoms with Crippen molar-refractivity contribution in [3.63, 3.8) is 0 Å². The Hall–Kier alpha value is -1.83. The summed E-state index contributed by atoms with van der Waals surface area (Å²) in [4.78, 5) is 20.7. The monoisotopic (exact) mass is 250 g/mol. The van der Waals surface area contributed by atoms with Crippen LogP contribution in [0.5, 0.6) is 0 Å². The molecule has 0 bridgehead atoms. The molecule has 0 spiro atoms. The molecule has 16 heavy (non-hydrogen) atoms. The first-order valence-corrected chi connectivity index (χ1v) is 4.19.